The van der Waals surface area contributed by atoms with Gasteiger partial charge in [0.15, 0.2) is 0 Å². The summed E-state index contributed by atoms with van der Waals surface area (Å²) in [5, 5.41) is 0. The molecule has 0 N–H and O–H groups in total. The lowest BCUT2D eigenvalue weighted by Gasteiger charge is -2.03. The lowest BCUT2D eigenvalue weighted by atomic mass is 10.2. The highest BCUT2D eigenvalue weighted by Gasteiger charge is 2.23. The normalized spacial score (nSPS) is 14.4. The van der Waals surface area contributed by atoms with Gasteiger partial charge in [-0.2, -0.15) is 0 Å². The van der Waals surface area contributed by atoms with Gasteiger partial charge in [-0.25, -0.2) is 0 Å². The molecule has 0 heterocycles. The predicted molar refractivity (Wildman–Crippen MR) is 56.2 cm³/mol. The molecule has 1 aromatic rings. The molecule has 0 aliphatic heterocycles. The van der Waals surface area contributed by atoms with Crippen LogP contribution in [0.25, 0.3) is 0 Å². The second-order valence-corrected chi connectivity index (χ2v) is 3.13. The monoisotopic (exact) mass is 178 g/mol. The van der Waals surface area contributed by atoms with Crippen molar-refractivity contribution in [3.8, 4) is 5.75 Å². The Kier molecular flexibility index (Phi) is 3.81. The Morgan fingerprint density at radius 2 is 1.92 bits per heavy atom. The Morgan fingerprint density at radius 3 is 2.46 bits per heavy atom. The zero-order valence-corrected chi connectivity index (χ0v) is 8.71. The Bertz CT molecular complexity index is 251. The first-order valence-corrected chi connectivity index (χ1v) is 5.08. The average molecular weight is 178 g/mol. The summed E-state index contributed by atoms with van der Waals surface area (Å²) >= 11 is 0. The van der Waals surface area contributed by atoms with Crippen LogP contribution in [0.4, 0.5) is 0 Å². The van der Waals surface area contributed by atoms with Crippen molar-refractivity contribution >= 4 is 0 Å². The van der Waals surface area contributed by atoms with Gasteiger partial charge in [-0.05, 0) is 37.5 Å². The number of hydrogen-bond donors (Lipinski definition) is 0. The van der Waals surface area contributed by atoms with Crippen molar-refractivity contribution in [1.29, 1.82) is 0 Å². The third-order valence-corrected chi connectivity index (χ3v) is 1.82. The number of aryl methyl sites for hydroxylation is 1. The molecule has 1 nitrogen and oxygen atoms in total. The van der Waals surface area contributed by atoms with E-state index in [9.17, 15) is 0 Å². The Hall–Kier alpha value is -0.980. The van der Waals surface area contributed by atoms with Gasteiger partial charge in [0.1, 0.15) is 5.75 Å². The first-order valence-electron chi connectivity index (χ1n) is 5.08. The molecule has 0 unspecified atom stereocenters. The maximum absolute atomic E-state index is 5.61. The maximum atomic E-state index is 5.61. The van der Waals surface area contributed by atoms with E-state index in [2.05, 4.69) is 19.1 Å². The van der Waals surface area contributed by atoms with Crippen LogP contribution in [0.3, 0.4) is 0 Å². The highest BCUT2D eigenvalue weighted by Crippen LogP contribution is 2.26. The predicted octanol–water partition coefficient (Wildman–Crippen LogP) is 3.56. The van der Waals surface area contributed by atoms with E-state index < -0.39 is 0 Å². The zero-order chi connectivity index (χ0) is 9.68. The van der Waals surface area contributed by atoms with Crippen molar-refractivity contribution in [2.24, 2.45) is 0 Å². The van der Waals surface area contributed by atoms with Gasteiger partial charge in [0, 0.05) is 0 Å². The zero-order valence-electron chi connectivity index (χ0n) is 8.71. The van der Waals surface area contributed by atoms with E-state index in [1.807, 2.05) is 26.0 Å². The fourth-order valence-electron chi connectivity index (χ4n) is 1.07. The molecule has 0 atom stereocenters. The number of benzene rings is 1. The first kappa shape index (κ1) is 10.1. The lowest BCUT2D eigenvalue weighted by molar-refractivity contribution is 0.303. The molecule has 2 rings (SSSR count). The first-order chi connectivity index (χ1) is 6.34. The molecule has 0 amide bonds. The minimum atomic E-state index is 0.511. The lowest BCUT2D eigenvalue weighted by Crippen LogP contribution is -1.95. The van der Waals surface area contributed by atoms with E-state index in [-0.39, 0.29) is 0 Å². The van der Waals surface area contributed by atoms with E-state index in [0.29, 0.717) is 6.10 Å². The molecule has 1 saturated carbocycles. The standard InChI is InChI=1S/C10H12O.C2H6/c1-8-3-2-4-10(7-8)11-9-5-6-9;1-2/h2-4,7,9H,5-6H2,1H3;1-2H3. The van der Waals surface area contributed by atoms with Gasteiger partial charge in [0.25, 0.3) is 0 Å². The molecule has 0 aromatic heterocycles. The fraction of sp³-hybridized carbons (Fsp3) is 0.500. The Morgan fingerprint density at radius 1 is 1.23 bits per heavy atom. The minimum absolute atomic E-state index is 0.511. The van der Waals surface area contributed by atoms with Crippen LogP contribution in [0.5, 0.6) is 5.75 Å². The quantitative estimate of drug-likeness (QED) is 0.672. The smallest absolute Gasteiger partial charge is 0.119 e. The van der Waals surface area contributed by atoms with Crippen LogP contribution in [-0.2, 0) is 0 Å². The van der Waals surface area contributed by atoms with Crippen molar-refractivity contribution in [2.45, 2.75) is 39.7 Å². The summed E-state index contributed by atoms with van der Waals surface area (Å²) in [6.07, 6.45) is 2.97. The minimum Gasteiger partial charge on any atom is -0.490 e. The SMILES string of the molecule is CC.Cc1cccc(OC2CC2)c1. The number of hydrogen-bond acceptors (Lipinski definition) is 1. The summed E-state index contributed by atoms with van der Waals surface area (Å²) in [4.78, 5) is 0. The van der Waals surface area contributed by atoms with Crippen LogP contribution in [0.1, 0.15) is 32.3 Å². The summed E-state index contributed by atoms with van der Waals surface area (Å²) in [5.74, 6) is 1.02. The van der Waals surface area contributed by atoms with Gasteiger partial charge in [-0.15, -0.1) is 0 Å². The largest absolute Gasteiger partial charge is 0.490 e. The maximum Gasteiger partial charge on any atom is 0.119 e. The molecule has 0 radical (unpaired) electrons. The summed E-state index contributed by atoms with van der Waals surface area (Å²) in [6.45, 7) is 6.08. The van der Waals surface area contributed by atoms with Crippen molar-refractivity contribution in [2.75, 3.05) is 0 Å². The van der Waals surface area contributed by atoms with Crippen molar-refractivity contribution in [1.82, 2.24) is 0 Å². The van der Waals surface area contributed by atoms with Gasteiger partial charge >= 0.3 is 0 Å². The molecule has 0 spiro atoms. The van der Waals surface area contributed by atoms with E-state index in [1.54, 1.807) is 0 Å². The number of rotatable bonds is 2. The second kappa shape index (κ2) is 4.90. The molecular formula is C12H18O. The molecule has 13 heavy (non-hydrogen) atoms. The van der Waals surface area contributed by atoms with Crippen molar-refractivity contribution < 1.29 is 4.74 Å². The summed E-state index contributed by atoms with van der Waals surface area (Å²) in [7, 11) is 0. The van der Waals surface area contributed by atoms with Crippen molar-refractivity contribution in [3.05, 3.63) is 29.8 Å². The molecule has 1 aromatic carbocycles. The molecule has 1 fully saturated rings. The third kappa shape index (κ3) is 3.49. The Balaban J connectivity index is 0.000000396. The fourth-order valence-corrected chi connectivity index (χ4v) is 1.07. The Labute approximate surface area is 80.7 Å². The topological polar surface area (TPSA) is 9.23 Å². The molecule has 72 valence electrons. The molecule has 1 aliphatic rings. The van der Waals surface area contributed by atoms with Crippen LogP contribution in [0.15, 0.2) is 24.3 Å². The van der Waals surface area contributed by atoms with E-state index >= 15 is 0 Å². The molecule has 1 aliphatic carbocycles. The van der Waals surface area contributed by atoms with Gasteiger partial charge in [-0.1, -0.05) is 26.0 Å². The van der Waals surface area contributed by atoms with Gasteiger partial charge in [0.05, 0.1) is 6.10 Å². The van der Waals surface area contributed by atoms with Gasteiger partial charge < -0.3 is 4.74 Å². The molecule has 1 heteroatoms. The molecular weight excluding hydrogens is 160 g/mol. The molecule has 0 saturated heterocycles. The van der Waals surface area contributed by atoms with Crippen LogP contribution in [-0.4, -0.2) is 6.10 Å². The highest BCUT2D eigenvalue weighted by molar-refractivity contribution is 5.27. The summed E-state index contributed by atoms with van der Waals surface area (Å²) in [6, 6.07) is 8.22. The highest BCUT2D eigenvalue weighted by atomic mass is 16.5. The van der Waals surface area contributed by atoms with E-state index in [1.165, 1.54) is 18.4 Å². The summed E-state index contributed by atoms with van der Waals surface area (Å²) < 4.78 is 5.61. The van der Waals surface area contributed by atoms with Crippen LogP contribution >= 0.6 is 0 Å². The van der Waals surface area contributed by atoms with Crippen molar-refractivity contribution in [3.63, 3.8) is 0 Å². The van der Waals surface area contributed by atoms with Crippen LogP contribution < -0.4 is 4.74 Å². The number of ether oxygens (including phenoxy) is 1. The molecule has 0 bridgehead atoms. The average Bonchev–Trinajstić information content (AvgIpc) is 2.92. The van der Waals surface area contributed by atoms with E-state index in [4.69, 9.17) is 4.74 Å². The summed E-state index contributed by atoms with van der Waals surface area (Å²) in [5.41, 5.74) is 1.27. The third-order valence-electron chi connectivity index (χ3n) is 1.82. The van der Waals surface area contributed by atoms with Gasteiger partial charge in [0.2, 0.25) is 0 Å². The van der Waals surface area contributed by atoms with Crippen LogP contribution in [0, 0.1) is 6.92 Å². The van der Waals surface area contributed by atoms with Gasteiger partial charge in [-0.3, -0.25) is 0 Å². The van der Waals surface area contributed by atoms with E-state index in [0.717, 1.165) is 5.75 Å². The van der Waals surface area contributed by atoms with Crippen LogP contribution in [0.2, 0.25) is 0 Å². The second-order valence-electron chi connectivity index (χ2n) is 3.13.